The lowest BCUT2D eigenvalue weighted by Gasteiger charge is -2.22. The average molecular weight is 349 g/mol. The van der Waals surface area contributed by atoms with Crippen LogP contribution in [0.3, 0.4) is 0 Å². The number of carbonyl (C=O) groups is 2. The Morgan fingerprint density at radius 3 is 2.43 bits per heavy atom. The summed E-state index contributed by atoms with van der Waals surface area (Å²) in [4.78, 5) is 26.2. The molecule has 1 saturated heterocycles. The van der Waals surface area contributed by atoms with E-state index in [2.05, 4.69) is 5.32 Å². The van der Waals surface area contributed by atoms with Crippen molar-refractivity contribution in [2.45, 2.75) is 19.0 Å². The molecule has 0 bridgehead atoms. The molecule has 118 valence electrons. The number of halogens is 2. The van der Waals surface area contributed by atoms with Gasteiger partial charge in [0.05, 0.1) is 6.54 Å². The molecule has 1 N–H and O–H groups in total. The number of hydrogen-bond donors (Lipinski definition) is 1. The van der Waals surface area contributed by atoms with Crippen LogP contribution in [0.4, 0.5) is 4.79 Å². The molecule has 3 amide bonds. The minimum atomic E-state index is -1.07. The Hall–Kier alpha value is -2.04. The number of hydrogen-bond acceptors (Lipinski definition) is 2. The summed E-state index contributed by atoms with van der Waals surface area (Å²) in [5.41, 5.74) is 0.331. The standard InChI is InChI=1S/C17H14Cl2N2O2/c1-17(12-5-3-2-4-6-12)15(22)21(16(23)20-17)10-11-7-8-13(18)9-14(11)19/h2-9H,10H2,1H3,(H,20,23)/t17-/m0/s1. The number of nitrogens with zero attached hydrogens (tertiary/aromatic N) is 1. The smallest absolute Gasteiger partial charge is 0.319 e. The minimum absolute atomic E-state index is 0.100. The van der Waals surface area contributed by atoms with Crippen molar-refractivity contribution in [1.82, 2.24) is 10.2 Å². The highest BCUT2D eigenvalue weighted by Crippen LogP contribution is 2.31. The van der Waals surface area contributed by atoms with E-state index in [0.29, 0.717) is 15.6 Å². The predicted octanol–water partition coefficient (Wildman–Crippen LogP) is 3.96. The van der Waals surface area contributed by atoms with Crippen LogP contribution < -0.4 is 5.32 Å². The van der Waals surface area contributed by atoms with E-state index in [1.807, 2.05) is 30.3 Å². The molecular formula is C17H14Cl2N2O2. The Balaban J connectivity index is 1.90. The van der Waals surface area contributed by atoms with E-state index in [0.717, 1.165) is 5.56 Å². The van der Waals surface area contributed by atoms with Gasteiger partial charge in [-0.15, -0.1) is 0 Å². The maximum atomic E-state index is 12.8. The Bertz CT molecular complexity index is 779. The topological polar surface area (TPSA) is 49.4 Å². The highest BCUT2D eigenvalue weighted by Gasteiger charge is 2.48. The molecular weight excluding hydrogens is 335 g/mol. The van der Waals surface area contributed by atoms with Gasteiger partial charge in [-0.05, 0) is 30.2 Å². The van der Waals surface area contributed by atoms with E-state index in [-0.39, 0.29) is 12.5 Å². The summed E-state index contributed by atoms with van der Waals surface area (Å²) in [7, 11) is 0. The number of imide groups is 1. The Morgan fingerprint density at radius 1 is 1.09 bits per heavy atom. The van der Waals surface area contributed by atoms with Crippen molar-refractivity contribution in [2.75, 3.05) is 0 Å². The molecule has 1 aliphatic rings. The molecule has 1 heterocycles. The summed E-state index contributed by atoms with van der Waals surface area (Å²) in [6, 6.07) is 13.7. The molecule has 0 saturated carbocycles. The van der Waals surface area contributed by atoms with Crippen molar-refractivity contribution in [3.63, 3.8) is 0 Å². The van der Waals surface area contributed by atoms with Crippen molar-refractivity contribution in [2.24, 2.45) is 0 Å². The molecule has 4 nitrogen and oxygen atoms in total. The zero-order chi connectivity index (χ0) is 16.6. The second-order valence-corrected chi connectivity index (χ2v) is 6.39. The predicted molar refractivity (Wildman–Crippen MR) is 89.3 cm³/mol. The molecule has 0 unspecified atom stereocenters. The second kappa shape index (κ2) is 5.87. The first-order valence-corrected chi connectivity index (χ1v) is 7.81. The average Bonchev–Trinajstić information content (AvgIpc) is 2.75. The van der Waals surface area contributed by atoms with Gasteiger partial charge in [0.15, 0.2) is 0 Å². The number of urea groups is 1. The van der Waals surface area contributed by atoms with Crippen molar-refractivity contribution in [3.05, 3.63) is 69.7 Å². The van der Waals surface area contributed by atoms with Crippen LogP contribution in [-0.4, -0.2) is 16.8 Å². The minimum Gasteiger partial charge on any atom is -0.319 e. The zero-order valence-corrected chi connectivity index (χ0v) is 13.9. The molecule has 3 rings (SSSR count). The van der Waals surface area contributed by atoms with Gasteiger partial charge >= 0.3 is 6.03 Å². The van der Waals surface area contributed by atoms with Crippen LogP contribution in [0, 0.1) is 0 Å². The molecule has 1 atom stereocenters. The molecule has 1 fully saturated rings. The van der Waals surface area contributed by atoms with E-state index >= 15 is 0 Å². The third kappa shape index (κ3) is 2.80. The van der Waals surface area contributed by atoms with Crippen LogP contribution in [0.1, 0.15) is 18.1 Å². The molecule has 0 spiro atoms. The van der Waals surface area contributed by atoms with Crippen LogP contribution >= 0.6 is 23.2 Å². The van der Waals surface area contributed by atoms with Crippen molar-refractivity contribution >= 4 is 35.1 Å². The lowest BCUT2D eigenvalue weighted by molar-refractivity contribution is -0.131. The fourth-order valence-electron chi connectivity index (χ4n) is 2.63. The van der Waals surface area contributed by atoms with Gasteiger partial charge in [0.1, 0.15) is 5.54 Å². The maximum Gasteiger partial charge on any atom is 0.325 e. The summed E-state index contributed by atoms with van der Waals surface area (Å²) < 4.78 is 0. The zero-order valence-electron chi connectivity index (χ0n) is 12.3. The first kappa shape index (κ1) is 15.8. The third-order valence-electron chi connectivity index (χ3n) is 3.97. The lowest BCUT2D eigenvalue weighted by Crippen LogP contribution is -2.40. The molecule has 2 aromatic rings. The normalized spacial score (nSPS) is 20.7. The SMILES string of the molecule is C[C@@]1(c2ccccc2)NC(=O)N(Cc2ccc(Cl)cc2Cl)C1=O. The van der Waals surface area contributed by atoms with Gasteiger partial charge in [0, 0.05) is 10.0 Å². The van der Waals surface area contributed by atoms with Gasteiger partial charge in [-0.2, -0.15) is 0 Å². The van der Waals surface area contributed by atoms with Gasteiger partial charge < -0.3 is 5.32 Å². The highest BCUT2D eigenvalue weighted by molar-refractivity contribution is 6.35. The van der Waals surface area contributed by atoms with Crippen molar-refractivity contribution in [1.29, 1.82) is 0 Å². The molecule has 0 radical (unpaired) electrons. The second-order valence-electron chi connectivity index (χ2n) is 5.55. The van der Waals surface area contributed by atoms with Crippen LogP contribution in [-0.2, 0) is 16.9 Å². The van der Waals surface area contributed by atoms with E-state index in [1.165, 1.54) is 4.90 Å². The Kier molecular flexibility index (Phi) is 4.04. The van der Waals surface area contributed by atoms with Gasteiger partial charge in [-0.1, -0.05) is 59.6 Å². The van der Waals surface area contributed by atoms with Crippen molar-refractivity contribution in [3.8, 4) is 0 Å². The summed E-state index contributed by atoms with van der Waals surface area (Å²) in [6.45, 7) is 1.80. The number of benzene rings is 2. The summed E-state index contributed by atoms with van der Waals surface area (Å²) in [5.74, 6) is -0.306. The number of amides is 3. The van der Waals surface area contributed by atoms with E-state index in [9.17, 15) is 9.59 Å². The number of carbonyl (C=O) groups excluding carboxylic acids is 2. The summed E-state index contributed by atoms with van der Waals surface area (Å²) in [5, 5.41) is 3.69. The van der Waals surface area contributed by atoms with E-state index < -0.39 is 11.6 Å². The third-order valence-corrected chi connectivity index (χ3v) is 4.56. The fraction of sp³-hybridized carbons (Fsp3) is 0.176. The summed E-state index contributed by atoms with van der Waals surface area (Å²) >= 11 is 12.0. The highest BCUT2D eigenvalue weighted by atomic mass is 35.5. The van der Waals surface area contributed by atoms with Gasteiger partial charge in [-0.25, -0.2) is 4.79 Å². The van der Waals surface area contributed by atoms with Crippen molar-refractivity contribution < 1.29 is 9.59 Å². The molecule has 1 aliphatic heterocycles. The molecule has 0 aliphatic carbocycles. The fourth-order valence-corrected chi connectivity index (χ4v) is 3.10. The largest absolute Gasteiger partial charge is 0.325 e. The maximum absolute atomic E-state index is 12.8. The first-order chi connectivity index (χ1) is 10.9. The van der Waals surface area contributed by atoms with Gasteiger partial charge in [0.2, 0.25) is 0 Å². The van der Waals surface area contributed by atoms with E-state index in [4.69, 9.17) is 23.2 Å². The molecule has 0 aromatic heterocycles. The van der Waals surface area contributed by atoms with Crippen LogP contribution in [0.5, 0.6) is 0 Å². The monoisotopic (exact) mass is 348 g/mol. The van der Waals surface area contributed by atoms with Crippen LogP contribution in [0.25, 0.3) is 0 Å². The van der Waals surface area contributed by atoms with Crippen LogP contribution in [0.2, 0.25) is 10.0 Å². The quantitative estimate of drug-likeness (QED) is 0.853. The Labute approximate surface area is 144 Å². The number of rotatable bonds is 3. The Morgan fingerprint density at radius 2 is 1.78 bits per heavy atom. The molecule has 23 heavy (non-hydrogen) atoms. The van der Waals surface area contributed by atoms with Crippen LogP contribution in [0.15, 0.2) is 48.5 Å². The van der Waals surface area contributed by atoms with Gasteiger partial charge in [0.25, 0.3) is 5.91 Å². The van der Waals surface area contributed by atoms with Gasteiger partial charge in [-0.3, -0.25) is 9.69 Å². The summed E-state index contributed by atoms with van der Waals surface area (Å²) in [6.07, 6.45) is 0. The number of nitrogens with one attached hydrogen (secondary N) is 1. The molecule has 2 aromatic carbocycles. The van der Waals surface area contributed by atoms with E-state index in [1.54, 1.807) is 25.1 Å². The first-order valence-electron chi connectivity index (χ1n) is 7.05. The lowest BCUT2D eigenvalue weighted by atomic mass is 9.92. The molecule has 6 heteroatoms.